The van der Waals surface area contributed by atoms with E-state index in [4.69, 9.17) is 4.74 Å². The summed E-state index contributed by atoms with van der Waals surface area (Å²) in [4.78, 5) is 14.1. The Kier molecular flexibility index (Phi) is 8.29. The molecule has 0 aliphatic rings. The largest absolute Gasteiger partial charge is 0.465 e. The van der Waals surface area contributed by atoms with Gasteiger partial charge in [0.25, 0.3) is 0 Å². The highest BCUT2D eigenvalue weighted by Gasteiger charge is 2.34. The Morgan fingerprint density at radius 2 is 1.63 bits per heavy atom. The van der Waals surface area contributed by atoms with Crippen LogP contribution in [0.4, 0.5) is 0 Å². The van der Waals surface area contributed by atoms with Crippen molar-refractivity contribution in [2.24, 2.45) is 0 Å². The number of hydrogen-bond acceptors (Lipinski definition) is 4. The fourth-order valence-corrected chi connectivity index (χ4v) is 5.85. The Hall–Kier alpha value is -1.65. The molecule has 30 heavy (non-hydrogen) atoms. The quantitative estimate of drug-likeness (QED) is 0.424. The zero-order valence-corrected chi connectivity index (χ0v) is 20.5. The number of hydrogen-bond donors (Lipinski definition) is 1. The van der Waals surface area contributed by atoms with Gasteiger partial charge in [0.2, 0.25) is 0 Å². The summed E-state index contributed by atoms with van der Waals surface area (Å²) >= 11 is 1.57. The SMILES string of the molecule is CCC(O)(CC)CCc1ccc(C(CC)(CC)c2cc(C)c(C(=O)OC)s2)cc1C. The topological polar surface area (TPSA) is 46.5 Å². The third kappa shape index (κ3) is 4.81. The van der Waals surface area contributed by atoms with E-state index in [1.165, 1.54) is 28.7 Å². The summed E-state index contributed by atoms with van der Waals surface area (Å²) in [6.45, 7) is 12.7. The second kappa shape index (κ2) is 10.1. The Morgan fingerprint density at radius 1 is 1.00 bits per heavy atom. The normalized spacial score (nSPS) is 12.3. The molecular formula is C26H38O3S. The van der Waals surface area contributed by atoms with Crippen molar-refractivity contribution in [1.82, 2.24) is 0 Å². The van der Waals surface area contributed by atoms with Gasteiger partial charge in [0, 0.05) is 10.3 Å². The Balaban J connectivity index is 2.41. The number of aliphatic hydroxyl groups is 1. The number of benzene rings is 1. The maximum atomic E-state index is 12.2. The second-order valence-corrected chi connectivity index (χ2v) is 9.53. The van der Waals surface area contributed by atoms with Crippen molar-refractivity contribution in [2.75, 3.05) is 7.11 Å². The molecule has 0 spiro atoms. The summed E-state index contributed by atoms with van der Waals surface area (Å²) in [5.74, 6) is -0.254. The van der Waals surface area contributed by atoms with Crippen molar-refractivity contribution < 1.29 is 14.6 Å². The van der Waals surface area contributed by atoms with Gasteiger partial charge in [-0.25, -0.2) is 4.79 Å². The van der Waals surface area contributed by atoms with Crippen LogP contribution >= 0.6 is 11.3 Å². The molecule has 2 rings (SSSR count). The molecule has 0 saturated carbocycles. The van der Waals surface area contributed by atoms with Crippen molar-refractivity contribution in [3.05, 3.63) is 56.3 Å². The fraction of sp³-hybridized carbons (Fsp3) is 0.577. The average Bonchev–Trinajstić information content (AvgIpc) is 3.15. The number of rotatable bonds is 10. The van der Waals surface area contributed by atoms with Gasteiger partial charge < -0.3 is 9.84 Å². The van der Waals surface area contributed by atoms with Gasteiger partial charge in [-0.2, -0.15) is 0 Å². The van der Waals surface area contributed by atoms with Crippen LogP contribution in [0.15, 0.2) is 24.3 Å². The Morgan fingerprint density at radius 3 is 2.13 bits per heavy atom. The molecular weight excluding hydrogens is 392 g/mol. The summed E-state index contributed by atoms with van der Waals surface area (Å²) in [5, 5.41) is 10.6. The molecule has 1 N–H and O–H groups in total. The van der Waals surface area contributed by atoms with E-state index in [-0.39, 0.29) is 11.4 Å². The van der Waals surface area contributed by atoms with Crippen LogP contribution in [-0.2, 0) is 16.6 Å². The highest BCUT2D eigenvalue weighted by atomic mass is 32.1. The minimum Gasteiger partial charge on any atom is -0.465 e. The van der Waals surface area contributed by atoms with E-state index >= 15 is 0 Å². The number of carbonyl (C=O) groups is 1. The lowest BCUT2D eigenvalue weighted by Crippen LogP contribution is -2.27. The molecule has 0 radical (unpaired) electrons. The summed E-state index contributed by atoms with van der Waals surface area (Å²) in [5.41, 5.74) is 4.18. The molecule has 0 aliphatic carbocycles. The standard InChI is InChI=1S/C26H38O3S/c1-8-25(28,9-2)15-14-20-12-13-21(16-18(20)5)26(10-3,11-4)22-17-19(6)23(30-22)24(27)29-7/h12-13,16-17,28H,8-11,14-15H2,1-7H3. The van der Waals surface area contributed by atoms with E-state index in [1.54, 1.807) is 11.3 Å². The maximum absolute atomic E-state index is 12.2. The molecule has 0 saturated heterocycles. The first kappa shape index (κ1) is 24.6. The molecule has 166 valence electrons. The van der Waals surface area contributed by atoms with Crippen molar-refractivity contribution in [1.29, 1.82) is 0 Å². The molecule has 4 heteroatoms. The first-order valence-electron chi connectivity index (χ1n) is 11.2. The van der Waals surface area contributed by atoms with E-state index in [1.807, 2.05) is 6.92 Å². The molecule has 0 unspecified atom stereocenters. The summed E-state index contributed by atoms with van der Waals surface area (Å²) < 4.78 is 4.97. The predicted octanol–water partition coefficient (Wildman–Crippen LogP) is 6.74. The average molecular weight is 431 g/mol. The number of esters is 1. The van der Waals surface area contributed by atoms with E-state index in [0.29, 0.717) is 4.88 Å². The fourth-order valence-electron chi connectivity index (χ4n) is 4.41. The first-order valence-corrected chi connectivity index (χ1v) is 12.0. The zero-order chi connectivity index (χ0) is 22.5. The van der Waals surface area contributed by atoms with Gasteiger partial charge in [0.1, 0.15) is 4.88 Å². The number of methoxy groups -OCH3 is 1. The minimum absolute atomic E-state index is 0.113. The molecule has 0 atom stereocenters. The lowest BCUT2D eigenvalue weighted by Gasteiger charge is -2.32. The molecule has 2 aromatic rings. The van der Waals surface area contributed by atoms with Crippen LogP contribution in [-0.4, -0.2) is 23.8 Å². The number of carbonyl (C=O) groups excluding carboxylic acids is 1. The van der Waals surface area contributed by atoms with Gasteiger partial charge in [-0.05, 0) is 80.7 Å². The second-order valence-electron chi connectivity index (χ2n) is 8.48. The third-order valence-corrected chi connectivity index (χ3v) is 8.46. The molecule has 1 heterocycles. The van der Waals surface area contributed by atoms with E-state index in [2.05, 4.69) is 58.9 Å². The van der Waals surface area contributed by atoms with E-state index in [0.717, 1.165) is 44.1 Å². The van der Waals surface area contributed by atoms with Crippen molar-refractivity contribution in [3.8, 4) is 0 Å². The Bertz CT molecular complexity index is 857. The van der Waals surface area contributed by atoms with Crippen LogP contribution in [0.25, 0.3) is 0 Å². The van der Waals surface area contributed by atoms with Gasteiger partial charge in [-0.1, -0.05) is 45.9 Å². The van der Waals surface area contributed by atoms with Crippen LogP contribution in [0.1, 0.15) is 96.6 Å². The zero-order valence-electron chi connectivity index (χ0n) is 19.7. The monoisotopic (exact) mass is 430 g/mol. The summed E-state index contributed by atoms with van der Waals surface area (Å²) in [6.07, 6.45) is 5.19. The minimum atomic E-state index is -0.569. The van der Waals surface area contributed by atoms with Crippen LogP contribution in [0.3, 0.4) is 0 Å². The summed E-state index contributed by atoms with van der Waals surface area (Å²) in [6, 6.07) is 8.96. The van der Waals surface area contributed by atoms with Crippen LogP contribution in [0.2, 0.25) is 0 Å². The van der Waals surface area contributed by atoms with Crippen molar-refractivity contribution in [3.63, 3.8) is 0 Å². The predicted molar refractivity (Wildman–Crippen MR) is 127 cm³/mol. The molecule has 0 aliphatic heterocycles. The molecule has 0 amide bonds. The lowest BCUT2D eigenvalue weighted by molar-refractivity contribution is 0.0239. The molecule has 1 aromatic heterocycles. The molecule has 0 fully saturated rings. The van der Waals surface area contributed by atoms with Gasteiger partial charge >= 0.3 is 5.97 Å². The van der Waals surface area contributed by atoms with E-state index in [9.17, 15) is 9.90 Å². The van der Waals surface area contributed by atoms with Gasteiger partial charge in [0.15, 0.2) is 0 Å². The maximum Gasteiger partial charge on any atom is 0.348 e. The van der Waals surface area contributed by atoms with Crippen molar-refractivity contribution in [2.45, 2.75) is 91.1 Å². The number of ether oxygens (including phenoxy) is 1. The van der Waals surface area contributed by atoms with Gasteiger partial charge in [-0.15, -0.1) is 11.3 Å². The molecule has 1 aromatic carbocycles. The number of thiophene rings is 1. The van der Waals surface area contributed by atoms with E-state index < -0.39 is 5.60 Å². The van der Waals surface area contributed by atoms with Gasteiger partial charge in [0.05, 0.1) is 12.7 Å². The highest BCUT2D eigenvalue weighted by molar-refractivity contribution is 7.14. The van der Waals surface area contributed by atoms with Crippen LogP contribution < -0.4 is 0 Å². The van der Waals surface area contributed by atoms with Gasteiger partial charge in [-0.3, -0.25) is 0 Å². The first-order chi connectivity index (χ1) is 14.2. The third-order valence-electron chi connectivity index (χ3n) is 7.04. The molecule has 0 bridgehead atoms. The number of aryl methyl sites for hydroxylation is 3. The van der Waals surface area contributed by atoms with Crippen LogP contribution in [0, 0.1) is 13.8 Å². The summed E-state index contributed by atoms with van der Waals surface area (Å²) in [7, 11) is 1.44. The lowest BCUT2D eigenvalue weighted by atomic mass is 9.73. The smallest absolute Gasteiger partial charge is 0.348 e. The molecule has 3 nitrogen and oxygen atoms in total. The van der Waals surface area contributed by atoms with Crippen molar-refractivity contribution >= 4 is 17.3 Å². The van der Waals surface area contributed by atoms with Crippen LogP contribution in [0.5, 0.6) is 0 Å². The Labute approximate surface area is 186 Å². The highest BCUT2D eigenvalue weighted by Crippen LogP contribution is 2.44.